The van der Waals surface area contributed by atoms with E-state index in [9.17, 15) is 9.59 Å². The Hall–Kier alpha value is -2.30. The fourth-order valence-electron chi connectivity index (χ4n) is 4.04. The van der Waals surface area contributed by atoms with Crippen molar-refractivity contribution < 1.29 is 9.59 Å². The summed E-state index contributed by atoms with van der Waals surface area (Å²) in [7, 11) is 0. The summed E-state index contributed by atoms with van der Waals surface area (Å²) in [4.78, 5) is 28.4. The number of anilines is 2. The van der Waals surface area contributed by atoms with Crippen molar-refractivity contribution in [2.24, 2.45) is 0 Å². The fourth-order valence-corrected chi connectivity index (χ4v) is 4.04. The zero-order valence-corrected chi connectivity index (χ0v) is 17.1. The summed E-state index contributed by atoms with van der Waals surface area (Å²) in [6.07, 6.45) is 11.7. The molecule has 0 saturated carbocycles. The number of amides is 2. The Morgan fingerprint density at radius 1 is 1.04 bits per heavy atom. The van der Waals surface area contributed by atoms with Crippen molar-refractivity contribution in [1.82, 2.24) is 4.90 Å². The number of hydrogen-bond acceptors (Lipinski definition) is 3. The molecule has 1 aliphatic heterocycles. The highest BCUT2D eigenvalue weighted by Gasteiger charge is 2.15. The van der Waals surface area contributed by atoms with Gasteiger partial charge in [-0.3, -0.25) is 9.59 Å². The lowest BCUT2D eigenvalue weighted by molar-refractivity contribution is -0.132. The van der Waals surface area contributed by atoms with E-state index < -0.39 is 0 Å². The number of rotatable bonds is 7. The molecule has 152 valence electrons. The first-order chi connectivity index (χ1) is 13.6. The lowest BCUT2D eigenvalue weighted by Crippen LogP contribution is -2.37. The van der Waals surface area contributed by atoms with Gasteiger partial charge in [0.2, 0.25) is 11.8 Å². The highest BCUT2D eigenvalue weighted by Crippen LogP contribution is 2.22. The largest absolute Gasteiger partial charge is 0.372 e. The highest BCUT2D eigenvalue weighted by molar-refractivity contribution is 5.94. The molecule has 0 spiro atoms. The third kappa shape index (κ3) is 6.11. The minimum absolute atomic E-state index is 0.0491. The zero-order valence-electron chi connectivity index (χ0n) is 17.1. The Labute approximate surface area is 168 Å². The maximum atomic E-state index is 12.4. The van der Waals surface area contributed by atoms with Gasteiger partial charge < -0.3 is 15.1 Å². The van der Waals surface area contributed by atoms with Gasteiger partial charge in [0.25, 0.3) is 0 Å². The number of allylic oxidation sites excluding steroid dienone is 1. The van der Waals surface area contributed by atoms with Gasteiger partial charge in [-0.2, -0.15) is 0 Å². The molecular weight excluding hydrogens is 350 g/mol. The molecule has 2 amide bonds. The number of benzene rings is 1. The van der Waals surface area contributed by atoms with Gasteiger partial charge in [0, 0.05) is 37.9 Å². The quantitative estimate of drug-likeness (QED) is 0.712. The average Bonchev–Trinajstić information content (AvgIpc) is 2.73. The highest BCUT2D eigenvalue weighted by atomic mass is 16.2. The van der Waals surface area contributed by atoms with E-state index in [0.717, 1.165) is 38.0 Å². The number of carbonyl (C=O) groups excluding carboxylic acids is 2. The summed E-state index contributed by atoms with van der Waals surface area (Å²) in [6, 6.07) is 8.04. The van der Waals surface area contributed by atoms with E-state index in [0.29, 0.717) is 6.54 Å². The van der Waals surface area contributed by atoms with E-state index in [1.54, 1.807) is 4.90 Å². The van der Waals surface area contributed by atoms with Crippen LogP contribution in [0, 0.1) is 0 Å². The number of piperidine rings is 1. The van der Waals surface area contributed by atoms with E-state index in [1.165, 1.54) is 50.3 Å². The molecule has 3 rings (SSSR count). The van der Waals surface area contributed by atoms with Crippen LogP contribution >= 0.6 is 0 Å². The van der Waals surface area contributed by atoms with Crippen molar-refractivity contribution in [3.63, 3.8) is 0 Å². The molecule has 0 aromatic heterocycles. The van der Waals surface area contributed by atoms with E-state index >= 15 is 0 Å². The monoisotopic (exact) mass is 383 g/mol. The topological polar surface area (TPSA) is 52.7 Å². The second-order valence-corrected chi connectivity index (χ2v) is 7.94. The summed E-state index contributed by atoms with van der Waals surface area (Å²) in [5, 5.41) is 2.93. The first-order valence-electron chi connectivity index (χ1n) is 10.7. The first-order valence-corrected chi connectivity index (χ1v) is 10.7. The minimum atomic E-state index is -0.140. The number of carbonyl (C=O) groups is 2. The van der Waals surface area contributed by atoms with Gasteiger partial charge in [-0.05, 0) is 75.6 Å². The van der Waals surface area contributed by atoms with Gasteiger partial charge in [0.15, 0.2) is 0 Å². The predicted octanol–water partition coefficient (Wildman–Crippen LogP) is 4.35. The first kappa shape index (κ1) is 20.4. The summed E-state index contributed by atoms with van der Waals surface area (Å²) in [5.74, 6) is -0.189. The Morgan fingerprint density at radius 2 is 1.79 bits per heavy atom. The molecule has 1 N–H and O–H groups in total. The van der Waals surface area contributed by atoms with Gasteiger partial charge in [-0.25, -0.2) is 0 Å². The van der Waals surface area contributed by atoms with Crippen molar-refractivity contribution >= 4 is 23.2 Å². The van der Waals surface area contributed by atoms with Crippen LogP contribution in [0.1, 0.15) is 58.3 Å². The molecule has 1 aromatic rings. The molecule has 1 aromatic carbocycles. The van der Waals surface area contributed by atoms with E-state index in [2.05, 4.69) is 28.4 Å². The van der Waals surface area contributed by atoms with Crippen molar-refractivity contribution in [3.05, 3.63) is 35.9 Å². The summed E-state index contributed by atoms with van der Waals surface area (Å²) in [5.41, 5.74) is 3.42. The molecule has 0 bridgehead atoms. The normalized spacial score (nSPS) is 17.0. The Kier molecular flexibility index (Phi) is 7.52. The summed E-state index contributed by atoms with van der Waals surface area (Å²) >= 11 is 0. The maximum absolute atomic E-state index is 12.4. The minimum Gasteiger partial charge on any atom is -0.372 e. The van der Waals surface area contributed by atoms with E-state index in [-0.39, 0.29) is 18.4 Å². The van der Waals surface area contributed by atoms with Crippen molar-refractivity contribution in [3.8, 4) is 0 Å². The molecule has 1 aliphatic carbocycles. The fraction of sp³-hybridized carbons (Fsp3) is 0.565. The SMILES string of the molecule is CC(=O)N(CCC1=CCCCC1)CC(=O)Nc1ccc(N2CCCCC2)cc1. The Morgan fingerprint density at radius 3 is 2.43 bits per heavy atom. The predicted molar refractivity (Wildman–Crippen MR) is 115 cm³/mol. The van der Waals surface area contributed by atoms with Crippen LogP contribution < -0.4 is 10.2 Å². The van der Waals surface area contributed by atoms with Gasteiger partial charge in [0.1, 0.15) is 0 Å². The Bertz CT molecular complexity index is 690. The lowest BCUT2D eigenvalue weighted by atomic mass is 9.97. The van der Waals surface area contributed by atoms with Gasteiger partial charge in [0.05, 0.1) is 6.54 Å². The van der Waals surface area contributed by atoms with E-state index in [4.69, 9.17) is 0 Å². The number of hydrogen-bond donors (Lipinski definition) is 1. The molecule has 1 heterocycles. The third-order valence-electron chi connectivity index (χ3n) is 5.74. The number of nitrogens with one attached hydrogen (secondary N) is 1. The molecule has 1 fully saturated rings. The average molecular weight is 384 g/mol. The van der Waals surface area contributed by atoms with Gasteiger partial charge in [-0.1, -0.05) is 11.6 Å². The smallest absolute Gasteiger partial charge is 0.243 e. The molecule has 28 heavy (non-hydrogen) atoms. The standard InChI is InChI=1S/C23H33N3O2/c1-19(27)26(17-14-20-8-4-2-5-9-20)18-23(28)24-21-10-12-22(13-11-21)25-15-6-3-7-16-25/h8,10-13H,2-7,9,14-18H2,1H3,(H,24,28). The van der Waals surface area contributed by atoms with Gasteiger partial charge in [-0.15, -0.1) is 0 Å². The second kappa shape index (κ2) is 10.3. The van der Waals surface area contributed by atoms with Crippen LogP contribution in [0.5, 0.6) is 0 Å². The Balaban J connectivity index is 1.49. The lowest BCUT2D eigenvalue weighted by Gasteiger charge is -2.28. The molecule has 0 atom stereocenters. The van der Waals surface area contributed by atoms with Crippen molar-refractivity contribution in [2.45, 2.75) is 58.3 Å². The molecule has 5 heteroatoms. The molecule has 5 nitrogen and oxygen atoms in total. The van der Waals surface area contributed by atoms with Crippen LogP contribution in [0.2, 0.25) is 0 Å². The van der Waals surface area contributed by atoms with Crippen molar-refractivity contribution in [1.29, 1.82) is 0 Å². The van der Waals surface area contributed by atoms with Crippen LogP contribution in [-0.4, -0.2) is 42.9 Å². The van der Waals surface area contributed by atoms with Gasteiger partial charge >= 0.3 is 0 Å². The summed E-state index contributed by atoms with van der Waals surface area (Å²) in [6.45, 7) is 4.47. The maximum Gasteiger partial charge on any atom is 0.243 e. The zero-order chi connectivity index (χ0) is 19.8. The third-order valence-corrected chi connectivity index (χ3v) is 5.74. The summed E-state index contributed by atoms with van der Waals surface area (Å²) < 4.78 is 0. The second-order valence-electron chi connectivity index (χ2n) is 7.94. The van der Waals surface area contributed by atoms with Crippen LogP contribution in [0.25, 0.3) is 0 Å². The number of nitrogens with zero attached hydrogens (tertiary/aromatic N) is 2. The van der Waals surface area contributed by atoms with Crippen LogP contribution in [0.15, 0.2) is 35.9 Å². The van der Waals surface area contributed by atoms with E-state index in [1.807, 2.05) is 12.1 Å². The van der Waals surface area contributed by atoms with Crippen LogP contribution in [0.4, 0.5) is 11.4 Å². The molecule has 2 aliphatic rings. The molecule has 0 radical (unpaired) electrons. The van der Waals surface area contributed by atoms with Crippen molar-refractivity contribution in [2.75, 3.05) is 36.4 Å². The molecule has 0 unspecified atom stereocenters. The molecule has 1 saturated heterocycles. The van der Waals surface area contributed by atoms with Crippen LogP contribution in [-0.2, 0) is 9.59 Å². The molecular formula is C23H33N3O2. The van der Waals surface area contributed by atoms with Crippen LogP contribution in [0.3, 0.4) is 0 Å².